The van der Waals surface area contributed by atoms with Crippen LogP contribution in [0.4, 0.5) is 0 Å². The predicted octanol–water partition coefficient (Wildman–Crippen LogP) is 2.12. The van der Waals surface area contributed by atoms with Crippen molar-refractivity contribution in [1.82, 2.24) is 9.97 Å². The van der Waals surface area contributed by atoms with Gasteiger partial charge in [0.1, 0.15) is 11.6 Å². The fourth-order valence-corrected chi connectivity index (χ4v) is 1.53. The van der Waals surface area contributed by atoms with Crippen molar-refractivity contribution in [2.24, 2.45) is 5.73 Å². The average Bonchev–Trinajstić information content (AvgIpc) is 2.39. The zero-order valence-corrected chi connectivity index (χ0v) is 10.1. The van der Waals surface area contributed by atoms with Crippen LogP contribution in [0, 0.1) is 5.41 Å². The van der Waals surface area contributed by atoms with Gasteiger partial charge in [0.25, 0.3) is 0 Å². The van der Waals surface area contributed by atoms with E-state index in [0.29, 0.717) is 5.75 Å². The van der Waals surface area contributed by atoms with Crippen LogP contribution in [-0.4, -0.2) is 15.8 Å². The standard InChI is InChI=1S/C13H14N4O/c1-2-9-4-3-5-10(8-9)18-13-11(12(14)15)16-6-7-17-13/h3-8H,2H2,1H3,(H3,14,15). The van der Waals surface area contributed by atoms with Crippen LogP contribution in [0.15, 0.2) is 36.7 Å². The van der Waals surface area contributed by atoms with E-state index in [-0.39, 0.29) is 17.4 Å². The number of nitrogens with two attached hydrogens (primary N) is 1. The van der Waals surface area contributed by atoms with E-state index >= 15 is 0 Å². The minimum Gasteiger partial charge on any atom is -0.437 e. The molecule has 0 spiro atoms. The highest BCUT2D eigenvalue weighted by Gasteiger charge is 2.10. The summed E-state index contributed by atoms with van der Waals surface area (Å²) in [5.41, 5.74) is 6.84. The lowest BCUT2D eigenvalue weighted by atomic mass is 10.2. The summed E-state index contributed by atoms with van der Waals surface area (Å²) in [6.07, 6.45) is 3.91. The number of amidine groups is 1. The van der Waals surface area contributed by atoms with Gasteiger partial charge in [-0.3, -0.25) is 5.41 Å². The van der Waals surface area contributed by atoms with Crippen molar-refractivity contribution in [1.29, 1.82) is 5.41 Å². The highest BCUT2D eigenvalue weighted by atomic mass is 16.5. The maximum absolute atomic E-state index is 7.42. The first-order valence-corrected chi connectivity index (χ1v) is 5.63. The van der Waals surface area contributed by atoms with E-state index in [1.165, 1.54) is 18.0 Å². The summed E-state index contributed by atoms with van der Waals surface area (Å²) in [6, 6.07) is 7.70. The van der Waals surface area contributed by atoms with Gasteiger partial charge in [-0.15, -0.1) is 0 Å². The number of hydrogen-bond acceptors (Lipinski definition) is 4. The van der Waals surface area contributed by atoms with E-state index in [1.54, 1.807) is 0 Å². The maximum Gasteiger partial charge on any atom is 0.249 e. The van der Waals surface area contributed by atoms with Crippen LogP contribution < -0.4 is 10.5 Å². The molecule has 0 saturated carbocycles. The quantitative estimate of drug-likeness (QED) is 0.635. The second-order valence-corrected chi connectivity index (χ2v) is 3.73. The molecule has 1 aromatic carbocycles. The molecule has 18 heavy (non-hydrogen) atoms. The minimum absolute atomic E-state index is 0.162. The molecule has 0 aliphatic carbocycles. The smallest absolute Gasteiger partial charge is 0.249 e. The Morgan fingerprint density at radius 1 is 1.33 bits per heavy atom. The molecule has 0 bridgehead atoms. The number of rotatable bonds is 4. The van der Waals surface area contributed by atoms with Gasteiger partial charge in [0.2, 0.25) is 5.88 Å². The van der Waals surface area contributed by atoms with Crippen LogP contribution in [-0.2, 0) is 6.42 Å². The van der Waals surface area contributed by atoms with Crippen LogP contribution in [0.2, 0.25) is 0 Å². The molecule has 2 aromatic rings. The van der Waals surface area contributed by atoms with E-state index < -0.39 is 0 Å². The van der Waals surface area contributed by atoms with Crippen LogP contribution in [0.5, 0.6) is 11.6 Å². The van der Waals surface area contributed by atoms with Gasteiger partial charge in [0.05, 0.1) is 0 Å². The number of nitrogens with one attached hydrogen (secondary N) is 1. The SMILES string of the molecule is CCc1cccc(Oc2nccnc2C(=N)N)c1. The number of ether oxygens (including phenoxy) is 1. The molecule has 0 amide bonds. The van der Waals surface area contributed by atoms with Crippen LogP contribution in [0.25, 0.3) is 0 Å². The molecule has 0 fully saturated rings. The highest BCUT2D eigenvalue weighted by molar-refractivity contribution is 5.95. The fraction of sp³-hybridized carbons (Fsp3) is 0.154. The summed E-state index contributed by atoms with van der Waals surface area (Å²) in [6.45, 7) is 2.07. The first-order valence-electron chi connectivity index (χ1n) is 5.63. The Labute approximate surface area is 105 Å². The monoisotopic (exact) mass is 242 g/mol. The third kappa shape index (κ3) is 2.63. The van der Waals surface area contributed by atoms with Gasteiger partial charge < -0.3 is 10.5 Å². The Kier molecular flexibility index (Phi) is 3.52. The summed E-state index contributed by atoms with van der Waals surface area (Å²) in [5.74, 6) is 0.750. The third-order valence-electron chi connectivity index (χ3n) is 2.44. The van der Waals surface area contributed by atoms with E-state index in [9.17, 15) is 0 Å². The minimum atomic E-state index is -0.162. The third-order valence-corrected chi connectivity index (χ3v) is 2.44. The van der Waals surface area contributed by atoms with Crippen molar-refractivity contribution in [2.75, 3.05) is 0 Å². The summed E-state index contributed by atoms with van der Waals surface area (Å²) in [5, 5.41) is 7.42. The molecule has 0 unspecified atom stereocenters. The first kappa shape index (κ1) is 12.0. The first-order chi connectivity index (χ1) is 8.70. The molecule has 1 heterocycles. The molecule has 5 nitrogen and oxygen atoms in total. The Balaban J connectivity index is 2.31. The topological polar surface area (TPSA) is 84.9 Å². The number of aromatic nitrogens is 2. The van der Waals surface area contributed by atoms with Crippen molar-refractivity contribution in [3.63, 3.8) is 0 Å². The molecule has 0 saturated heterocycles. The summed E-state index contributed by atoms with van der Waals surface area (Å²) in [7, 11) is 0. The van der Waals surface area contributed by atoms with Gasteiger partial charge in [-0.05, 0) is 24.1 Å². The number of aryl methyl sites for hydroxylation is 1. The molecular formula is C13H14N4O. The zero-order chi connectivity index (χ0) is 13.0. The van der Waals surface area contributed by atoms with Gasteiger partial charge in [0.15, 0.2) is 5.69 Å². The van der Waals surface area contributed by atoms with Crippen molar-refractivity contribution in [3.05, 3.63) is 47.9 Å². The molecule has 5 heteroatoms. The lowest BCUT2D eigenvalue weighted by Gasteiger charge is -2.08. The lowest BCUT2D eigenvalue weighted by Crippen LogP contribution is -2.15. The van der Waals surface area contributed by atoms with Gasteiger partial charge in [-0.25, -0.2) is 9.97 Å². The lowest BCUT2D eigenvalue weighted by molar-refractivity contribution is 0.458. The van der Waals surface area contributed by atoms with Crippen molar-refractivity contribution in [3.8, 4) is 11.6 Å². The van der Waals surface area contributed by atoms with Gasteiger partial charge in [0, 0.05) is 12.4 Å². The number of benzene rings is 1. The largest absolute Gasteiger partial charge is 0.437 e. The fourth-order valence-electron chi connectivity index (χ4n) is 1.53. The molecule has 0 radical (unpaired) electrons. The summed E-state index contributed by atoms with van der Waals surface area (Å²) in [4.78, 5) is 8.03. The molecule has 92 valence electrons. The Hall–Kier alpha value is -2.43. The maximum atomic E-state index is 7.42. The molecule has 0 aliphatic rings. The van der Waals surface area contributed by atoms with Crippen molar-refractivity contribution >= 4 is 5.84 Å². The van der Waals surface area contributed by atoms with Gasteiger partial charge >= 0.3 is 0 Å². The van der Waals surface area contributed by atoms with E-state index in [2.05, 4.69) is 16.9 Å². The van der Waals surface area contributed by atoms with Gasteiger partial charge in [-0.1, -0.05) is 19.1 Å². The second kappa shape index (κ2) is 5.27. The van der Waals surface area contributed by atoms with Gasteiger partial charge in [-0.2, -0.15) is 0 Å². The zero-order valence-electron chi connectivity index (χ0n) is 10.1. The predicted molar refractivity (Wildman–Crippen MR) is 68.9 cm³/mol. The molecule has 1 aromatic heterocycles. The molecule has 2 rings (SSSR count). The Bertz CT molecular complexity index is 568. The Morgan fingerprint density at radius 3 is 2.83 bits per heavy atom. The van der Waals surface area contributed by atoms with E-state index in [1.807, 2.05) is 24.3 Å². The molecule has 0 atom stereocenters. The van der Waals surface area contributed by atoms with Crippen LogP contribution in [0.3, 0.4) is 0 Å². The number of hydrogen-bond donors (Lipinski definition) is 2. The number of nitrogen functional groups attached to an aromatic ring is 1. The van der Waals surface area contributed by atoms with Crippen molar-refractivity contribution < 1.29 is 4.74 Å². The number of nitrogens with zero attached hydrogens (tertiary/aromatic N) is 2. The molecular weight excluding hydrogens is 228 g/mol. The summed E-state index contributed by atoms with van der Waals surface area (Å²) < 4.78 is 5.62. The highest BCUT2D eigenvalue weighted by Crippen LogP contribution is 2.22. The normalized spacial score (nSPS) is 10.1. The average molecular weight is 242 g/mol. The molecule has 0 aliphatic heterocycles. The molecule has 3 N–H and O–H groups in total. The van der Waals surface area contributed by atoms with E-state index in [4.69, 9.17) is 15.9 Å². The summed E-state index contributed by atoms with van der Waals surface area (Å²) >= 11 is 0. The van der Waals surface area contributed by atoms with Crippen LogP contribution in [0.1, 0.15) is 18.2 Å². The second-order valence-electron chi connectivity index (χ2n) is 3.73. The van der Waals surface area contributed by atoms with E-state index in [0.717, 1.165) is 6.42 Å². The van der Waals surface area contributed by atoms with Crippen LogP contribution >= 0.6 is 0 Å². The van der Waals surface area contributed by atoms with Crippen molar-refractivity contribution in [2.45, 2.75) is 13.3 Å². The Morgan fingerprint density at radius 2 is 2.11 bits per heavy atom.